The van der Waals surface area contributed by atoms with Crippen LogP contribution in [0.25, 0.3) is 0 Å². The van der Waals surface area contributed by atoms with Crippen LogP contribution >= 0.6 is 0 Å². The first kappa shape index (κ1) is 18.0. The molecule has 1 amide bonds. The first-order chi connectivity index (χ1) is 12.5. The number of aryl methyl sites for hydroxylation is 2. The molecule has 142 valence electrons. The second-order valence-corrected chi connectivity index (χ2v) is 8.47. The Labute approximate surface area is 156 Å². The van der Waals surface area contributed by atoms with Gasteiger partial charge in [-0.05, 0) is 62.4 Å². The summed E-state index contributed by atoms with van der Waals surface area (Å²) in [4.78, 5) is 19.5. The van der Waals surface area contributed by atoms with Gasteiger partial charge in [-0.1, -0.05) is 6.07 Å². The number of fused-ring (bicyclic) bond motifs is 1. The first-order valence-corrected chi connectivity index (χ1v) is 10.1. The van der Waals surface area contributed by atoms with Gasteiger partial charge in [0.25, 0.3) is 5.91 Å². The van der Waals surface area contributed by atoms with Gasteiger partial charge in [0.15, 0.2) is 0 Å². The highest BCUT2D eigenvalue weighted by Gasteiger charge is 2.40. The number of benzene rings is 1. The zero-order chi connectivity index (χ0) is 18.1. The van der Waals surface area contributed by atoms with E-state index >= 15 is 0 Å². The molecule has 26 heavy (non-hydrogen) atoms. The summed E-state index contributed by atoms with van der Waals surface area (Å²) in [7, 11) is 2.14. The molecular formula is C21H31N3O2. The molecular weight excluding hydrogens is 326 g/mol. The van der Waals surface area contributed by atoms with E-state index in [2.05, 4.69) is 29.0 Å². The van der Waals surface area contributed by atoms with Crippen molar-refractivity contribution in [3.8, 4) is 0 Å². The molecule has 3 aliphatic rings. The Morgan fingerprint density at radius 1 is 1.08 bits per heavy atom. The van der Waals surface area contributed by atoms with Gasteiger partial charge in [0, 0.05) is 44.8 Å². The van der Waals surface area contributed by atoms with Crippen molar-refractivity contribution in [3.63, 3.8) is 0 Å². The Morgan fingerprint density at radius 3 is 2.58 bits per heavy atom. The summed E-state index contributed by atoms with van der Waals surface area (Å²) in [6.07, 6.45) is 5.38. The molecule has 1 N–H and O–H groups in total. The fourth-order valence-electron chi connectivity index (χ4n) is 4.63. The standard InChI is InChI=1S/C21H31N3O2/c1-22-10-12-23(13-11-22)15-21(26)8-9-24(16-21)20(25)19-7-6-17-4-2-3-5-18(17)14-19/h6-7,14,26H,2-5,8-13,15-16H2,1H3. The number of rotatable bonds is 3. The highest BCUT2D eigenvalue weighted by molar-refractivity contribution is 5.94. The van der Waals surface area contributed by atoms with Crippen molar-refractivity contribution in [3.05, 3.63) is 34.9 Å². The van der Waals surface area contributed by atoms with Crippen LogP contribution in [-0.4, -0.2) is 84.2 Å². The number of carbonyl (C=O) groups excluding carboxylic acids is 1. The lowest BCUT2D eigenvalue weighted by atomic mass is 9.90. The minimum absolute atomic E-state index is 0.0766. The number of hydrogen-bond acceptors (Lipinski definition) is 4. The van der Waals surface area contributed by atoms with E-state index in [1.54, 1.807) is 0 Å². The summed E-state index contributed by atoms with van der Waals surface area (Å²) in [5.41, 5.74) is 2.77. The van der Waals surface area contributed by atoms with E-state index < -0.39 is 5.60 Å². The molecule has 0 radical (unpaired) electrons. The maximum atomic E-state index is 13.0. The zero-order valence-electron chi connectivity index (χ0n) is 15.9. The molecule has 2 heterocycles. The van der Waals surface area contributed by atoms with Crippen LogP contribution in [0.15, 0.2) is 18.2 Å². The van der Waals surface area contributed by atoms with Gasteiger partial charge in [0.05, 0.1) is 12.1 Å². The first-order valence-electron chi connectivity index (χ1n) is 10.1. The Morgan fingerprint density at radius 2 is 1.81 bits per heavy atom. The number of likely N-dealkylation sites (N-methyl/N-ethyl adjacent to an activating group) is 1. The van der Waals surface area contributed by atoms with Crippen molar-refractivity contribution in [1.29, 1.82) is 0 Å². The van der Waals surface area contributed by atoms with Crippen LogP contribution in [0, 0.1) is 0 Å². The Hall–Kier alpha value is -1.43. The SMILES string of the molecule is CN1CCN(CC2(O)CCN(C(=O)c3ccc4c(c3)CCCC4)C2)CC1. The number of aliphatic hydroxyl groups is 1. The van der Waals surface area contributed by atoms with Crippen LogP contribution in [-0.2, 0) is 12.8 Å². The monoisotopic (exact) mass is 357 g/mol. The smallest absolute Gasteiger partial charge is 0.253 e. The lowest BCUT2D eigenvalue weighted by Crippen LogP contribution is -2.52. The summed E-state index contributed by atoms with van der Waals surface area (Å²) in [6.45, 7) is 5.88. The normalized spacial score (nSPS) is 27.5. The zero-order valence-corrected chi connectivity index (χ0v) is 15.9. The van der Waals surface area contributed by atoms with Crippen molar-refractivity contribution < 1.29 is 9.90 Å². The number of hydrogen-bond donors (Lipinski definition) is 1. The van der Waals surface area contributed by atoms with E-state index in [9.17, 15) is 9.90 Å². The molecule has 5 heteroatoms. The highest BCUT2D eigenvalue weighted by Crippen LogP contribution is 2.27. The fraction of sp³-hybridized carbons (Fsp3) is 0.667. The average molecular weight is 357 g/mol. The molecule has 1 unspecified atom stereocenters. The van der Waals surface area contributed by atoms with E-state index in [1.807, 2.05) is 11.0 Å². The van der Waals surface area contributed by atoms with Gasteiger partial charge in [0.1, 0.15) is 0 Å². The van der Waals surface area contributed by atoms with Crippen LogP contribution < -0.4 is 0 Å². The van der Waals surface area contributed by atoms with E-state index in [0.717, 1.165) is 44.6 Å². The molecule has 0 spiro atoms. The molecule has 1 aromatic rings. The Balaban J connectivity index is 1.39. The molecule has 0 aromatic heterocycles. The molecule has 0 bridgehead atoms. The molecule has 2 aliphatic heterocycles. The van der Waals surface area contributed by atoms with Gasteiger partial charge < -0.3 is 14.9 Å². The van der Waals surface area contributed by atoms with E-state index in [1.165, 1.54) is 24.0 Å². The van der Waals surface area contributed by atoms with Gasteiger partial charge >= 0.3 is 0 Å². The van der Waals surface area contributed by atoms with E-state index in [4.69, 9.17) is 0 Å². The summed E-state index contributed by atoms with van der Waals surface area (Å²) < 4.78 is 0. The van der Waals surface area contributed by atoms with Crippen molar-refractivity contribution in [1.82, 2.24) is 14.7 Å². The Bertz CT molecular complexity index is 669. The van der Waals surface area contributed by atoms with Crippen LogP contribution in [0.4, 0.5) is 0 Å². The van der Waals surface area contributed by atoms with Crippen LogP contribution in [0.1, 0.15) is 40.7 Å². The third-order valence-corrected chi connectivity index (χ3v) is 6.33. The maximum Gasteiger partial charge on any atom is 0.253 e. The van der Waals surface area contributed by atoms with Crippen molar-refractivity contribution in [2.45, 2.75) is 37.7 Å². The second-order valence-electron chi connectivity index (χ2n) is 8.47. The molecule has 2 saturated heterocycles. The third-order valence-electron chi connectivity index (χ3n) is 6.33. The predicted octanol–water partition coefficient (Wildman–Crippen LogP) is 1.39. The third kappa shape index (κ3) is 3.80. The summed E-state index contributed by atoms with van der Waals surface area (Å²) >= 11 is 0. The van der Waals surface area contributed by atoms with Gasteiger partial charge in [-0.3, -0.25) is 9.69 Å². The molecule has 0 saturated carbocycles. The molecule has 1 atom stereocenters. The maximum absolute atomic E-state index is 13.0. The van der Waals surface area contributed by atoms with Crippen LogP contribution in [0.2, 0.25) is 0 Å². The van der Waals surface area contributed by atoms with Gasteiger partial charge in [0.2, 0.25) is 0 Å². The highest BCUT2D eigenvalue weighted by atomic mass is 16.3. The lowest BCUT2D eigenvalue weighted by molar-refractivity contribution is 0.000525. The number of amides is 1. The number of carbonyl (C=O) groups is 1. The minimum atomic E-state index is -0.764. The topological polar surface area (TPSA) is 47.0 Å². The number of piperazine rings is 1. The van der Waals surface area contributed by atoms with Crippen molar-refractivity contribution in [2.75, 3.05) is 52.9 Å². The number of β-amino-alcohol motifs (C(OH)–C–C–N with tert-alkyl or cyclic N) is 1. The quantitative estimate of drug-likeness (QED) is 0.888. The molecule has 1 aliphatic carbocycles. The summed E-state index contributed by atoms with van der Waals surface area (Å²) in [5.74, 6) is 0.0766. The Kier molecular flexibility index (Phi) is 5.04. The van der Waals surface area contributed by atoms with E-state index in [0.29, 0.717) is 26.1 Å². The fourth-order valence-corrected chi connectivity index (χ4v) is 4.63. The molecule has 5 nitrogen and oxygen atoms in total. The van der Waals surface area contributed by atoms with Gasteiger partial charge in [-0.15, -0.1) is 0 Å². The average Bonchev–Trinajstić information content (AvgIpc) is 3.04. The largest absolute Gasteiger partial charge is 0.387 e. The summed E-state index contributed by atoms with van der Waals surface area (Å²) in [5, 5.41) is 11.0. The molecule has 2 fully saturated rings. The van der Waals surface area contributed by atoms with Crippen LogP contribution in [0.3, 0.4) is 0 Å². The van der Waals surface area contributed by atoms with Crippen LogP contribution in [0.5, 0.6) is 0 Å². The molecule has 1 aromatic carbocycles. The second kappa shape index (κ2) is 7.29. The molecule has 4 rings (SSSR count). The van der Waals surface area contributed by atoms with Gasteiger partial charge in [-0.25, -0.2) is 0 Å². The van der Waals surface area contributed by atoms with Crippen molar-refractivity contribution in [2.24, 2.45) is 0 Å². The predicted molar refractivity (Wildman–Crippen MR) is 102 cm³/mol. The number of likely N-dealkylation sites (tertiary alicyclic amines) is 1. The minimum Gasteiger partial charge on any atom is -0.387 e. The lowest BCUT2D eigenvalue weighted by Gasteiger charge is -2.36. The number of nitrogens with zero attached hydrogens (tertiary/aromatic N) is 3. The van der Waals surface area contributed by atoms with Crippen molar-refractivity contribution >= 4 is 5.91 Å². The van der Waals surface area contributed by atoms with Gasteiger partial charge in [-0.2, -0.15) is 0 Å². The van der Waals surface area contributed by atoms with E-state index in [-0.39, 0.29) is 5.91 Å². The summed E-state index contributed by atoms with van der Waals surface area (Å²) in [6, 6.07) is 6.20.